The monoisotopic (exact) mass is 462 g/mol. The van der Waals surface area contributed by atoms with Gasteiger partial charge in [0.05, 0.1) is 44.1 Å². The molecule has 0 amide bonds. The topological polar surface area (TPSA) is 120 Å². The number of carbonyl (C=O) groups is 2. The number of esters is 2. The molecule has 0 saturated heterocycles. The number of hydrogen-bond donors (Lipinski definition) is 1. The maximum atomic E-state index is 12.8. The van der Waals surface area contributed by atoms with E-state index in [1.165, 1.54) is 50.5 Å². The van der Waals surface area contributed by atoms with E-state index >= 15 is 0 Å². The van der Waals surface area contributed by atoms with E-state index in [-0.39, 0.29) is 29.5 Å². The van der Waals surface area contributed by atoms with Gasteiger partial charge in [-0.15, -0.1) is 0 Å². The van der Waals surface area contributed by atoms with Crippen molar-refractivity contribution in [3.63, 3.8) is 0 Å². The lowest BCUT2D eigenvalue weighted by Gasteiger charge is -2.31. The second-order valence-electron chi connectivity index (χ2n) is 6.55. The van der Waals surface area contributed by atoms with Crippen LogP contribution < -0.4 is 14.4 Å². The van der Waals surface area contributed by atoms with Crippen LogP contribution in [0.2, 0.25) is 0 Å². The fourth-order valence-corrected chi connectivity index (χ4v) is 4.10. The SMILES string of the molecule is COC(=O)C1=C(C(=O)OC)N(c2ccc(S(=O)(=O)Nc3cccc(OC)c3)cc2)COC1. The lowest BCUT2D eigenvalue weighted by molar-refractivity contribution is -0.140. The molecule has 0 bridgehead atoms. The number of nitrogens with one attached hydrogen (secondary N) is 1. The summed E-state index contributed by atoms with van der Waals surface area (Å²) in [5.41, 5.74) is 0.737. The molecule has 0 unspecified atom stereocenters. The maximum Gasteiger partial charge on any atom is 0.355 e. The Morgan fingerprint density at radius 1 is 1.00 bits per heavy atom. The van der Waals surface area contributed by atoms with E-state index in [4.69, 9.17) is 18.9 Å². The summed E-state index contributed by atoms with van der Waals surface area (Å²) in [5.74, 6) is -0.962. The minimum Gasteiger partial charge on any atom is -0.497 e. The van der Waals surface area contributed by atoms with Crippen LogP contribution in [0.4, 0.5) is 11.4 Å². The predicted molar refractivity (Wildman–Crippen MR) is 115 cm³/mol. The molecule has 3 rings (SSSR count). The van der Waals surface area contributed by atoms with E-state index in [2.05, 4.69) is 4.72 Å². The van der Waals surface area contributed by atoms with Crippen LogP contribution in [0.25, 0.3) is 0 Å². The quantitative estimate of drug-likeness (QED) is 0.615. The first-order valence-electron chi connectivity index (χ1n) is 9.32. The van der Waals surface area contributed by atoms with Crippen molar-refractivity contribution in [1.82, 2.24) is 0 Å². The molecule has 0 radical (unpaired) electrons. The number of benzene rings is 2. The summed E-state index contributed by atoms with van der Waals surface area (Å²) in [7, 11) is -0.0113. The Morgan fingerprint density at radius 2 is 1.69 bits per heavy atom. The van der Waals surface area contributed by atoms with E-state index < -0.39 is 22.0 Å². The van der Waals surface area contributed by atoms with E-state index in [1.807, 2.05) is 0 Å². The van der Waals surface area contributed by atoms with Crippen molar-refractivity contribution >= 4 is 33.3 Å². The third-order valence-electron chi connectivity index (χ3n) is 4.61. The van der Waals surface area contributed by atoms with Crippen molar-refractivity contribution in [3.8, 4) is 5.75 Å². The van der Waals surface area contributed by atoms with Gasteiger partial charge in [-0.3, -0.25) is 4.72 Å². The van der Waals surface area contributed by atoms with Crippen LogP contribution in [0, 0.1) is 0 Å². The normalized spacial score (nSPS) is 14.0. The van der Waals surface area contributed by atoms with Gasteiger partial charge in [-0.1, -0.05) is 6.07 Å². The summed E-state index contributed by atoms with van der Waals surface area (Å²) >= 11 is 0. The first-order valence-corrected chi connectivity index (χ1v) is 10.8. The molecule has 1 heterocycles. The summed E-state index contributed by atoms with van der Waals surface area (Å²) in [4.78, 5) is 25.9. The van der Waals surface area contributed by atoms with Crippen LogP contribution in [0.3, 0.4) is 0 Å². The van der Waals surface area contributed by atoms with Gasteiger partial charge in [-0.25, -0.2) is 18.0 Å². The Bertz CT molecular complexity index is 1140. The fraction of sp³-hybridized carbons (Fsp3) is 0.238. The van der Waals surface area contributed by atoms with Crippen molar-refractivity contribution in [2.75, 3.05) is 44.3 Å². The molecule has 32 heavy (non-hydrogen) atoms. The highest BCUT2D eigenvalue weighted by Gasteiger charge is 2.32. The zero-order chi connectivity index (χ0) is 23.3. The molecule has 2 aromatic rings. The minimum absolute atomic E-state index is 0.00112. The number of hydrogen-bond acceptors (Lipinski definition) is 9. The molecular formula is C21H22N2O8S. The molecule has 0 aromatic heterocycles. The van der Waals surface area contributed by atoms with Crippen molar-refractivity contribution in [1.29, 1.82) is 0 Å². The molecule has 1 N–H and O–H groups in total. The van der Waals surface area contributed by atoms with Gasteiger partial charge in [0.25, 0.3) is 10.0 Å². The van der Waals surface area contributed by atoms with Crippen LogP contribution >= 0.6 is 0 Å². The Kier molecular flexibility index (Phi) is 7.01. The average Bonchev–Trinajstić information content (AvgIpc) is 2.82. The van der Waals surface area contributed by atoms with Gasteiger partial charge >= 0.3 is 11.9 Å². The first kappa shape index (κ1) is 23.1. The lowest BCUT2D eigenvalue weighted by atomic mass is 10.1. The van der Waals surface area contributed by atoms with E-state index in [0.29, 0.717) is 17.1 Å². The van der Waals surface area contributed by atoms with Gasteiger partial charge in [0.15, 0.2) is 0 Å². The molecule has 0 spiro atoms. The number of sulfonamides is 1. The van der Waals surface area contributed by atoms with Crippen LogP contribution in [0.15, 0.2) is 64.7 Å². The Hall–Kier alpha value is -3.57. The van der Waals surface area contributed by atoms with Gasteiger partial charge < -0.3 is 23.8 Å². The molecule has 10 nitrogen and oxygen atoms in total. The third kappa shape index (κ3) is 4.84. The number of anilines is 2. The fourth-order valence-electron chi connectivity index (χ4n) is 3.05. The zero-order valence-electron chi connectivity index (χ0n) is 17.7. The van der Waals surface area contributed by atoms with E-state index in [9.17, 15) is 18.0 Å². The number of nitrogens with zero attached hydrogens (tertiary/aromatic N) is 1. The third-order valence-corrected chi connectivity index (χ3v) is 6.01. The molecule has 170 valence electrons. The van der Waals surface area contributed by atoms with E-state index in [1.54, 1.807) is 24.3 Å². The Balaban J connectivity index is 1.91. The van der Waals surface area contributed by atoms with Crippen LogP contribution in [-0.4, -0.2) is 55.0 Å². The largest absolute Gasteiger partial charge is 0.497 e. The molecule has 2 aromatic carbocycles. The summed E-state index contributed by atoms with van der Waals surface area (Å²) in [6.45, 7) is -0.163. The molecule has 1 aliphatic rings. The van der Waals surface area contributed by atoms with Gasteiger partial charge in [0, 0.05) is 11.8 Å². The second-order valence-corrected chi connectivity index (χ2v) is 8.23. The highest BCUT2D eigenvalue weighted by Crippen LogP contribution is 2.28. The number of ether oxygens (including phenoxy) is 4. The highest BCUT2D eigenvalue weighted by atomic mass is 32.2. The summed E-state index contributed by atoms with van der Waals surface area (Å²) in [5, 5.41) is 0. The molecule has 1 aliphatic heterocycles. The molecule has 0 fully saturated rings. The summed E-state index contributed by atoms with van der Waals surface area (Å²) in [6, 6.07) is 12.2. The maximum absolute atomic E-state index is 12.8. The molecule has 0 saturated carbocycles. The number of carbonyl (C=O) groups excluding carboxylic acids is 2. The predicted octanol–water partition coefficient (Wildman–Crippen LogP) is 1.89. The van der Waals surface area contributed by atoms with Crippen LogP contribution in [0.1, 0.15) is 0 Å². The average molecular weight is 462 g/mol. The van der Waals surface area contributed by atoms with Gasteiger partial charge in [0.1, 0.15) is 18.2 Å². The molecule has 0 atom stereocenters. The number of rotatable bonds is 7. The van der Waals surface area contributed by atoms with Crippen molar-refractivity contribution in [3.05, 3.63) is 59.8 Å². The highest BCUT2D eigenvalue weighted by molar-refractivity contribution is 7.92. The minimum atomic E-state index is -3.88. The molecule has 11 heteroatoms. The van der Waals surface area contributed by atoms with Crippen LogP contribution in [0.5, 0.6) is 5.75 Å². The van der Waals surface area contributed by atoms with Gasteiger partial charge in [-0.05, 0) is 36.4 Å². The Morgan fingerprint density at radius 3 is 2.31 bits per heavy atom. The van der Waals surface area contributed by atoms with Crippen LogP contribution in [-0.2, 0) is 33.8 Å². The smallest absolute Gasteiger partial charge is 0.355 e. The standard InChI is InChI=1S/C21H22N2O8S/c1-28-16-6-4-5-14(11-16)22-32(26,27)17-9-7-15(8-10-17)23-13-31-12-18(20(24)29-2)19(23)21(25)30-3/h4-11,22H,12-13H2,1-3H3. The zero-order valence-corrected chi connectivity index (χ0v) is 18.5. The Labute approximate surface area is 185 Å². The van der Waals surface area contributed by atoms with Crippen molar-refractivity contribution in [2.24, 2.45) is 0 Å². The molecule has 0 aliphatic carbocycles. The van der Waals surface area contributed by atoms with E-state index in [0.717, 1.165) is 0 Å². The van der Waals surface area contributed by atoms with Gasteiger partial charge in [0.2, 0.25) is 0 Å². The van der Waals surface area contributed by atoms with Crippen molar-refractivity contribution < 1.29 is 37.0 Å². The van der Waals surface area contributed by atoms with Gasteiger partial charge in [-0.2, -0.15) is 0 Å². The lowest BCUT2D eigenvalue weighted by Crippen LogP contribution is -2.38. The first-order chi connectivity index (χ1) is 15.3. The summed E-state index contributed by atoms with van der Waals surface area (Å²) < 4.78 is 48.0. The molecular weight excluding hydrogens is 440 g/mol. The number of methoxy groups -OCH3 is 3. The second kappa shape index (κ2) is 9.71. The summed E-state index contributed by atoms with van der Waals surface area (Å²) in [6.07, 6.45) is 0. The van der Waals surface area contributed by atoms with Crippen molar-refractivity contribution in [2.45, 2.75) is 4.90 Å².